The Bertz CT molecular complexity index is 597. The molecule has 1 aromatic heterocycles. The minimum Gasteiger partial charge on any atom is -0.341 e. The van der Waals surface area contributed by atoms with Gasteiger partial charge in [0.05, 0.1) is 16.1 Å². The van der Waals surface area contributed by atoms with Crippen LogP contribution < -0.4 is 5.32 Å². The molecule has 2 aromatic rings. The van der Waals surface area contributed by atoms with Gasteiger partial charge in [0, 0.05) is 16.6 Å². The smallest absolute Gasteiger partial charge is 0.253 e. The molecule has 1 heterocycles. The van der Waals surface area contributed by atoms with Crippen molar-refractivity contribution in [3.63, 3.8) is 0 Å². The number of rotatable bonds is 3. The lowest BCUT2D eigenvalue weighted by Crippen LogP contribution is -2.41. The third-order valence-electron chi connectivity index (χ3n) is 2.57. The van der Waals surface area contributed by atoms with Crippen molar-refractivity contribution in [2.24, 2.45) is 0 Å². The Balaban J connectivity index is 2.21. The van der Waals surface area contributed by atoms with Gasteiger partial charge in [-0.15, -0.1) is 11.3 Å². The number of hydrogen-bond acceptors (Lipinski definition) is 3. The molecule has 0 aliphatic rings. The van der Waals surface area contributed by atoms with Crippen LogP contribution in [0, 0.1) is 0 Å². The zero-order valence-electron chi connectivity index (χ0n) is 10.4. The molecule has 0 aliphatic carbocycles. The minimum atomic E-state index is -0.547. The lowest BCUT2D eigenvalue weighted by Gasteiger charge is -2.24. The average Bonchev–Trinajstić information content (AvgIpc) is 2.81. The molecule has 0 unspecified atom stereocenters. The second-order valence-corrected chi connectivity index (χ2v) is 6.28. The van der Waals surface area contributed by atoms with Gasteiger partial charge in [-0.2, -0.15) is 0 Å². The van der Waals surface area contributed by atoms with Crippen LogP contribution in [0.5, 0.6) is 0 Å². The van der Waals surface area contributed by atoms with Crippen molar-refractivity contribution in [2.75, 3.05) is 0 Å². The zero-order chi connectivity index (χ0) is 14.0. The monoisotopic (exact) mass is 314 g/mol. The SMILES string of the molecule is CC(C)(NC(=O)c1ccc(Cl)cc1Cl)c1nccs1. The van der Waals surface area contributed by atoms with E-state index in [1.165, 1.54) is 11.3 Å². The first-order chi connectivity index (χ1) is 8.90. The fourth-order valence-electron chi connectivity index (χ4n) is 1.61. The van der Waals surface area contributed by atoms with Crippen LogP contribution in [0.3, 0.4) is 0 Å². The van der Waals surface area contributed by atoms with Crippen LogP contribution in [0.15, 0.2) is 29.8 Å². The van der Waals surface area contributed by atoms with Gasteiger partial charge in [0.2, 0.25) is 0 Å². The Morgan fingerprint density at radius 3 is 2.68 bits per heavy atom. The number of thiazole rings is 1. The van der Waals surface area contributed by atoms with Crippen molar-refractivity contribution in [3.05, 3.63) is 50.4 Å². The van der Waals surface area contributed by atoms with E-state index in [1.807, 2.05) is 19.2 Å². The van der Waals surface area contributed by atoms with Gasteiger partial charge in [0.25, 0.3) is 5.91 Å². The maximum atomic E-state index is 12.2. The third-order valence-corrected chi connectivity index (χ3v) is 4.21. The number of carbonyl (C=O) groups excluding carboxylic acids is 1. The van der Waals surface area contributed by atoms with Crippen LogP contribution in [0.2, 0.25) is 10.0 Å². The topological polar surface area (TPSA) is 42.0 Å². The van der Waals surface area contributed by atoms with E-state index in [1.54, 1.807) is 24.4 Å². The quantitative estimate of drug-likeness (QED) is 0.926. The molecule has 0 radical (unpaired) electrons. The molecule has 0 saturated carbocycles. The summed E-state index contributed by atoms with van der Waals surface area (Å²) in [6, 6.07) is 4.80. The molecule has 1 N–H and O–H groups in total. The Morgan fingerprint density at radius 1 is 1.37 bits per heavy atom. The van der Waals surface area contributed by atoms with Crippen LogP contribution in [-0.2, 0) is 5.54 Å². The summed E-state index contributed by atoms with van der Waals surface area (Å²) < 4.78 is 0. The van der Waals surface area contributed by atoms with Gasteiger partial charge in [-0.3, -0.25) is 4.79 Å². The summed E-state index contributed by atoms with van der Waals surface area (Å²) in [7, 11) is 0. The highest BCUT2D eigenvalue weighted by Gasteiger charge is 2.26. The van der Waals surface area contributed by atoms with Crippen molar-refractivity contribution in [2.45, 2.75) is 19.4 Å². The third kappa shape index (κ3) is 3.26. The molecule has 0 atom stereocenters. The predicted molar refractivity (Wildman–Crippen MR) is 79.1 cm³/mol. The summed E-state index contributed by atoms with van der Waals surface area (Å²) in [5.74, 6) is -0.248. The number of halogens is 2. The lowest BCUT2D eigenvalue weighted by molar-refractivity contribution is 0.0912. The average molecular weight is 315 g/mol. The Hall–Kier alpha value is -1.10. The highest BCUT2D eigenvalue weighted by molar-refractivity contribution is 7.09. The largest absolute Gasteiger partial charge is 0.341 e. The lowest BCUT2D eigenvalue weighted by atomic mass is 10.1. The number of hydrogen-bond donors (Lipinski definition) is 1. The van der Waals surface area contributed by atoms with Crippen LogP contribution in [-0.4, -0.2) is 10.9 Å². The van der Waals surface area contributed by atoms with Gasteiger partial charge in [0.1, 0.15) is 5.01 Å². The van der Waals surface area contributed by atoms with Crippen LogP contribution in [0.4, 0.5) is 0 Å². The summed E-state index contributed by atoms with van der Waals surface area (Å²) in [4.78, 5) is 16.4. The number of amides is 1. The first-order valence-electron chi connectivity index (χ1n) is 5.58. The van der Waals surface area contributed by atoms with E-state index in [2.05, 4.69) is 10.3 Å². The molecule has 0 aliphatic heterocycles. The maximum Gasteiger partial charge on any atom is 0.253 e. The molecule has 0 fully saturated rings. The van der Waals surface area contributed by atoms with Crippen molar-refractivity contribution in [3.8, 4) is 0 Å². The van der Waals surface area contributed by atoms with Crippen LogP contribution in [0.1, 0.15) is 29.2 Å². The van der Waals surface area contributed by atoms with E-state index in [9.17, 15) is 4.79 Å². The van der Waals surface area contributed by atoms with Crippen molar-refractivity contribution in [1.29, 1.82) is 0 Å². The second-order valence-electron chi connectivity index (χ2n) is 4.54. The molecule has 6 heteroatoms. The number of nitrogens with zero attached hydrogens (tertiary/aromatic N) is 1. The molecule has 1 amide bonds. The number of carbonyl (C=O) groups is 1. The molecular weight excluding hydrogens is 303 g/mol. The minimum absolute atomic E-state index is 0.248. The predicted octanol–water partition coefficient (Wildman–Crippen LogP) is 4.12. The first kappa shape index (κ1) is 14.3. The van der Waals surface area contributed by atoms with Crippen molar-refractivity contribution >= 4 is 40.4 Å². The van der Waals surface area contributed by atoms with Crippen LogP contribution >= 0.6 is 34.5 Å². The summed E-state index contributed by atoms with van der Waals surface area (Å²) in [6.45, 7) is 3.79. The van der Waals surface area contributed by atoms with Gasteiger partial charge in [-0.1, -0.05) is 23.2 Å². The van der Waals surface area contributed by atoms with Gasteiger partial charge in [0.15, 0.2) is 0 Å². The normalized spacial score (nSPS) is 11.4. The molecule has 0 spiro atoms. The Kier molecular flexibility index (Phi) is 4.13. The van der Waals surface area contributed by atoms with E-state index in [4.69, 9.17) is 23.2 Å². The van der Waals surface area contributed by atoms with Gasteiger partial charge < -0.3 is 5.32 Å². The Morgan fingerprint density at radius 2 is 2.11 bits per heavy atom. The zero-order valence-corrected chi connectivity index (χ0v) is 12.7. The molecule has 0 saturated heterocycles. The van der Waals surface area contributed by atoms with E-state index in [0.717, 1.165) is 5.01 Å². The highest BCUT2D eigenvalue weighted by Crippen LogP contribution is 2.25. The molecule has 2 rings (SSSR count). The second kappa shape index (κ2) is 5.49. The first-order valence-corrected chi connectivity index (χ1v) is 7.21. The molecule has 3 nitrogen and oxygen atoms in total. The summed E-state index contributed by atoms with van der Waals surface area (Å²) in [5.41, 5.74) is -0.149. The van der Waals surface area contributed by atoms with E-state index >= 15 is 0 Å². The Labute approximate surface area is 125 Å². The molecular formula is C13H12Cl2N2OS. The van der Waals surface area contributed by atoms with Crippen molar-refractivity contribution in [1.82, 2.24) is 10.3 Å². The van der Waals surface area contributed by atoms with Crippen molar-refractivity contribution < 1.29 is 4.79 Å². The van der Waals surface area contributed by atoms with Gasteiger partial charge in [-0.25, -0.2) is 4.98 Å². The maximum absolute atomic E-state index is 12.2. The molecule has 19 heavy (non-hydrogen) atoms. The van der Waals surface area contributed by atoms with E-state index in [-0.39, 0.29) is 5.91 Å². The molecule has 1 aromatic carbocycles. The number of aromatic nitrogens is 1. The molecule has 0 bridgehead atoms. The van der Waals surface area contributed by atoms with E-state index in [0.29, 0.717) is 15.6 Å². The summed E-state index contributed by atoms with van der Waals surface area (Å²) in [5, 5.41) is 6.46. The number of nitrogens with one attached hydrogen (secondary N) is 1. The van der Waals surface area contributed by atoms with E-state index < -0.39 is 5.54 Å². The van der Waals surface area contributed by atoms with Gasteiger partial charge in [-0.05, 0) is 32.0 Å². The summed E-state index contributed by atoms with van der Waals surface area (Å²) >= 11 is 13.3. The van der Waals surface area contributed by atoms with Gasteiger partial charge >= 0.3 is 0 Å². The fraction of sp³-hybridized carbons (Fsp3) is 0.231. The fourth-order valence-corrected chi connectivity index (χ4v) is 2.82. The summed E-state index contributed by atoms with van der Waals surface area (Å²) in [6.07, 6.45) is 1.71. The standard InChI is InChI=1S/C13H12Cl2N2OS/c1-13(2,12-16-5-6-19-12)17-11(18)9-4-3-8(14)7-10(9)15/h3-7H,1-2H3,(H,17,18). The molecule has 100 valence electrons. The highest BCUT2D eigenvalue weighted by atomic mass is 35.5. The van der Waals surface area contributed by atoms with Crippen LogP contribution in [0.25, 0.3) is 0 Å². The number of benzene rings is 1.